The number of hydrogen-bond acceptors (Lipinski definition) is 16. The van der Waals surface area contributed by atoms with Gasteiger partial charge in [0, 0.05) is 173 Å². The van der Waals surface area contributed by atoms with Gasteiger partial charge in [-0.05, 0) is 295 Å². The Morgan fingerprint density at radius 1 is 0.336 bits per heavy atom. The average molecular weight is 2260 g/mol. The lowest BCUT2D eigenvalue weighted by molar-refractivity contribution is -0.128. The molecule has 0 radical (unpaired) electrons. The number of anilines is 2. The zero-order chi connectivity index (χ0) is 103. The summed E-state index contributed by atoms with van der Waals surface area (Å²) in [7, 11) is 0. The highest BCUT2D eigenvalue weighted by Gasteiger charge is 2.42. The van der Waals surface area contributed by atoms with Crippen LogP contribution in [-0.2, 0) is 89.7 Å². The largest absolute Gasteiger partial charge is 0.359 e. The van der Waals surface area contributed by atoms with E-state index in [1.165, 1.54) is 82.9 Å². The third-order valence-corrected chi connectivity index (χ3v) is 28.9. The van der Waals surface area contributed by atoms with E-state index in [0.29, 0.717) is 95.1 Å². The van der Waals surface area contributed by atoms with E-state index in [1.807, 2.05) is 116 Å². The number of carbonyl (C=O) groups excluding carboxylic acids is 4. The van der Waals surface area contributed by atoms with Crippen LogP contribution in [0.1, 0.15) is 103 Å². The zero-order valence-electron chi connectivity index (χ0n) is 79.4. The van der Waals surface area contributed by atoms with Gasteiger partial charge in [-0.3, -0.25) is 29.2 Å². The number of carbonyl (C=O) groups is 4. The minimum atomic E-state index is -0.839. The molecule has 8 aliphatic heterocycles. The molecule has 24 rings (SSSR count). The Morgan fingerprint density at radius 3 is 0.987 bits per heavy atom. The SMILES string of the molecule is C=C1Cc2cc(CCN3C(=O)COC3c3cn(-c4ccc(Br)cc4)nc3-c3ccc(F)cc3)ccc2N1.C=C1Cc2cc(CCN3C(=O)COC3c3cn(-c4ccc(Br)cc4)nc3-c3ccc(F)cc3)ccc2N1.O=C1COC(c2cn(-c3ccc(Br)cc3)nc2-c2ccc(F)cc2)N1CCc1c(F)cc2c(c1F)C=NC2.O=C1COC(c2cn(-c3ccc(Br)cc3)nc2-c2ccc(F)cc2)N1CCc1cc2c(cc1F)CN=C2. The minimum absolute atomic E-state index is 0.00488. The third kappa shape index (κ3) is 21.9. The van der Waals surface area contributed by atoms with E-state index in [4.69, 9.17) is 39.3 Å². The highest BCUT2D eigenvalue weighted by atomic mass is 79.9. The first-order valence-electron chi connectivity index (χ1n) is 47.8. The Morgan fingerprint density at radius 2 is 0.644 bits per heavy atom. The summed E-state index contributed by atoms with van der Waals surface area (Å²) in [6.07, 6.45) is 11.1. The topological polar surface area (TPSA) is 238 Å². The molecule has 4 unspecified atom stereocenters. The van der Waals surface area contributed by atoms with Gasteiger partial charge in [-0.1, -0.05) is 101 Å². The molecule has 4 saturated heterocycles. The van der Waals surface area contributed by atoms with E-state index >= 15 is 4.39 Å². The lowest BCUT2D eigenvalue weighted by Gasteiger charge is -2.23. The Hall–Kier alpha value is -15.0. The molecular weight excluding hydrogens is 2170 g/mol. The van der Waals surface area contributed by atoms with Crippen LogP contribution in [0, 0.1) is 40.7 Å². The summed E-state index contributed by atoms with van der Waals surface area (Å²) < 4.78 is 134. The van der Waals surface area contributed by atoms with Crippen LogP contribution in [0.15, 0.2) is 326 Å². The Balaban J connectivity index is 0.000000116. The van der Waals surface area contributed by atoms with Crippen LogP contribution in [-0.4, -0.2) is 147 Å². The molecule has 4 aromatic heterocycles. The van der Waals surface area contributed by atoms with Crippen molar-refractivity contribution in [2.45, 2.75) is 76.5 Å². The number of rotatable bonds is 24. The minimum Gasteiger partial charge on any atom is -0.359 e. The summed E-state index contributed by atoms with van der Waals surface area (Å²) >= 11 is 13.8. The molecular formula is C114H89Br4F7N16O8. The maximum Gasteiger partial charge on any atom is 0.250 e. The molecule has 4 atom stereocenters. The number of ether oxygens (including phenoxy) is 4. The van der Waals surface area contributed by atoms with Crippen LogP contribution >= 0.6 is 63.7 Å². The average Bonchev–Trinajstić information content (AvgIpc) is 1.62. The summed E-state index contributed by atoms with van der Waals surface area (Å²) in [6.45, 7) is 9.81. The molecule has 0 spiro atoms. The third-order valence-electron chi connectivity index (χ3n) is 26.7. The van der Waals surface area contributed by atoms with Crippen molar-refractivity contribution in [1.29, 1.82) is 0 Å². The van der Waals surface area contributed by atoms with Gasteiger partial charge in [0.05, 0.1) is 35.8 Å². The van der Waals surface area contributed by atoms with Crippen molar-refractivity contribution in [2.75, 3.05) is 63.2 Å². The Bertz CT molecular complexity index is 7700. The standard InChI is InChI=1S/2C29H24BrFN4O2.C28H20BrF3N4O2.C28H21BrF2N4O2/c2*1-18-14-21-15-19(2-11-26(21)32-18)12-13-34-27(36)17-37-29(34)25-16-35(24-9-5-22(30)6-10-24)33-28(25)20-3-7-23(31)8-4-20;29-18-3-7-20(8-4-18)36-14-23(27(34-36)16-1-5-19(30)6-2-16)28-35(25(37)15-38-28)10-9-21-24(31)11-17-12-33-13-22(17)26(21)32;29-21-3-7-23(8-4-21)35-15-24(27(33-35)17-1-5-22(30)6-2-17)28-34(26(36)16-37-28)10-9-18-11-19-13-32-14-20(19)12-25(18)31/h2*2-11,15-16,29,32H,1,12-14,17H2;1-8,11,13-14,28H,9-10,12,15H2;1-8,11-13,15,28H,9-10,14,16H2. The van der Waals surface area contributed by atoms with Crippen molar-refractivity contribution in [2.24, 2.45) is 9.98 Å². The van der Waals surface area contributed by atoms with Crippen molar-refractivity contribution in [3.63, 3.8) is 0 Å². The number of amides is 4. The molecule has 8 aliphatic rings. The molecule has 12 aromatic carbocycles. The fourth-order valence-electron chi connectivity index (χ4n) is 19.2. The van der Waals surface area contributed by atoms with Crippen LogP contribution in [0.4, 0.5) is 42.1 Å². The first-order valence-corrected chi connectivity index (χ1v) is 51.0. The number of nitrogens with one attached hydrogen (secondary N) is 2. The van der Waals surface area contributed by atoms with Crippen LogP contribution in [0.25, 0.3) is 67.8 Å². The van der Waals surface area contributed by atoms with Crippen molar-refractivity contribution in [3.8, 4) is 67.8 Å². The molecule has 2 N–H and O–H groups in total. The number of benzene rings is 12. The molecule has 12 heterocycles. The number of nitrogens with zero attached hydrogens (tertiary/aromatic N) is 14. The number of allylic oxidation sites excluding steroid dienone is 2. The molecule has 4 fully saturated rings. The van der Waals surface area contributed by atoms with E-state index in [1.54, 1.807) is 100 Å². The second-order valence-electron chi connectivity index (χ2n) is 36.5. The predicted octanol–water partition coefficient (Wildman–Crippen LogP) is 23.4. The summed E-state index contributed by atoms with van der Waals surface area (Å²) in [5.41, 5.74) is 23.2. The fourth-order valence-corrected chi connectivity index (χ4v) is 20.2. The van der Waals surface area contributed by atoms with Crippen LogP contribution in [0.2, 0.25) is 0 Å². The Labute approximate surface area is 884 Å². The highest BCUT2D eigenvalue weighted by molar-refractivity contribution is 9.11. The zero-order valence-corrected chi connectivity index (χ0v) is 85.7. The van der Waals surface area contributed by atoms with E-state index < -0.39 is 36.5 Å². The molecule has 750 valence electrons. The van der Waals surface area contributed by atoms with E-state index in [9.17, 15) is 45.5 Å². The summed E-state index contributed by atoms with van der Waals surface area (Å²) in [6, 6.07) is 72.3. The van der Waals surface area contributed by atoms with Gasteiger partial charge in [-0.15, -0.1) is 0 Å². The van der Waals surface area contributed by atoms with Gasteiger partial charge in [0.25, 0.3) is 23.6 Å². The van der Waals surface area contributed by atoms with Gasteiger partial charge in [0.15, 0.2) is 24.9 Å². The second-order valence-corrected chi connectivity index (χ2v) is 40.2. The van der Waals surface area contributed by atoms with Gasteiger partial charge in [0.2, 0.25) is 0 Å². The van der Waals surface area contributed by atoms with Crippen molar-refractivity contribution in [3.05, 3.63) is 435 Å². The lowest BCUT2D eigenvalue weighted by Crippen LogP contribution is -2.31. The molecule has 16 aromatic rings. The van der Waals surface area contributed by atoms with Gasteiger partial charge >= 0.3 is 0 Å². The van der Waals surface area contributed by atoms with Gasteiger partial charge in [-0.25, -0.2) is 49.5 Å². The quantitative estimate of drug-likeness (QED) is 0.0535. The van der Waals surface area contributed by atoms with E-state index in [2.05, 4.69) is 134 Å². The number of hydrogen-bond donors (Lipinski definition) is 2. The normalized spacial score (nSPS) is 16.7. The van der Waals surface area contributed by atoms with E-state index in [0.717, 1.165) is 121 Å². The monoisotopic (exact) mass is 2260 g/mol. The summed E-state index contributed by atoms with van der Waals surface area (Å²) in [5, 5.41) is 25.7. The number of halogens is 11. The molecule has 35 heteroatoms. The number of aliphatic imine (C=N–C) groups is 2. The maximum absolute atomic E-state index is 15.0. The van der Waals surface area contributed by atoms with Crippen LogP contribution < -0.4 is 10.6 Å². The first kappa shape index (κ1) is 100.0. The van der Waals surface area contributed by atoms with Crippen molar-refractivity contribution >= 4 is 111 Å². The smallest absolute Gasteiger partial charge is 0.250 e. The van der Waals surface area contributed by atoms with Crippen molar-refractivity contribution in [1.82, 2.24) is 58.7 Å². The lowest BCUT2D eigenvalue weighted by atomic mass is 10.0. The predicted molar refractivity (Wildman–Crippen MR) is 564 cm³/mol. The maximum atomic E-state index is 15.0. The number of aromatic nitrogens is 8. The van der Waals surface area contributed by atoms with Crippen molar-refractivity contribution < 1.29 is 68.9 Å². The molecule has 0 saturated carbocycles. The fraction of sp³-hybridized carbons (Fsp3) is 0.175. The van der Waals surface area contributed by atoms with Crippen LogP contribution in [0.3, 0.4) is 0 Å². The van der Waals surface area contributed by atoms with Crippen LogP contribution in [0.5, 0.6) is 0 Å². The van der Waals surface area contributed by atoms with E-state index in [-0.39, 0.29) is 116 Å². The highest BCUT2D eigenvalue weighted by Crippen LogP contribution is 2.44. The molecule has 149 heavy (non-hydrogen) atoms. The van der Waals surface area contributed by atoms with Gasteiger partial charge in [-0.2, -0.15) is 20.4 Å². The van der Waals surface area contributed by atoms with Gasteiger partial charge < -0.3 is 49.2 Å². The summed E-state index contributed by atoms with van der Waals surface area (Å²) in [5.74, 6) is -3.62. The Kier molecular flexibility index (Phi) is 29.2. The van der Waals surface area contributed by atoms with Gasteiger partial charge in [0.1, 0.15) is 89.9 Å². The molecule has 4 amide bonds. The summed E-state index contributed by atoms with van der Waals surface area (Å²) in [4.78, 5) is 66.4. The second kappa shape index (κ2) is 43.5. The molecule has 24 nitrogen and oxygen atoms in total. The number of fused-ring (bicyclic) bond motifs is 4. The molecule has 0 aliphatic carbocycles. The first-order chi connectivity index (χ1) is 72.2. The molecule has 0 bridgehead atoms.